The highest BCUT2D eigenvalue weighted by atomic mass is 32.1. The predicted octanol–water partition coefficient (Wildman–Crippen LogP) is 1.28. The maximum Gasteiger partial charge on any atom is 0.300 e. The Hall–Kier alpha value is -2.55. The summed E-state index contributed by atoms with van der Waals surface area (Å²) in [4.78, 5) is 29.4. The second kappa shape index (κ2) is 4.75. The number of hydrogen-bond donors (Lipinski definition) is 2. The first kappa shape index (κ1) is 11.9. The number of amides is 1. The summed E-state index contributed by atoms with van der Waals surface area (Å²) in [5.41, 5.74) is 4.86. The van der Waals surface area contributed by atoms with Crippen LogP contribution in [0, 0.1) is 10.1 Å². The Bertz CT molecular complexity index is 598. The summed E-state index contributed by atoms with van der Waals surface area (Å²) in [7, 11) is 0. The van der Waals surface area contributed by atoms with Crippen LogP contribution in [0.25, 0.3) is 0 Å². The molecule has 18 heavy (non-hydrogen) atoms. The van der Waals surface area contributed by atoms with E-state index in [1.165, 1.54) is 17.5 Å². The Morgan fingerprint density at radius 1 is 1.50 bits per heavy atom. The van der Waals surface area contributed by atoms with Crippen molar-refractivity contribution >= 4 is 33.9 Å². The van der Waals surface area contributed by atoms with Crippen LogP contribution in [-0.2, 0) is 0 Å². The van der Waals surface area contributed by atoms with Crippen molar-refractivity contribution in [3.05, 3.63) is 39.5 Å². The van der Waals surface area contributed by atoms with E-state index >= 15 is 0 Å². The molecule has 0 fully saturated rings. The number of carbonyl (C=O) groups excluding carboxylic acids is 1. The van der Waals surface area contributed by atoms with E-state index in [9.17, 15) is 14.9 Å². The van der Waals surface area contributed by atoms with Crippen molar-refractivity contribution in [2.75, 3.05) is 11.1 Å². The topological polar surface area (TPSA) is 124 Å². The number of rotatable bonds is 3. The van der Waals surface area contributed by atoms with Crippen molar-refractivity contribution in [1.29, 1.82) is 0 Å². The van der Waals surface area contributed by atoms with Crippen molar-refractivity contribution in [3.8, 4) is 0 Å². The van der Waals surface area contributed by atoms with Crippen LogP contribution in [0.1, 0.15) is 10.4 Å². The highest BCUT2D eigenvalue weighted by Gasteiger charge is 2.21. The number of nitrogens with zero attached hydrogens (tertiary/aromatic N) is 3. The summed E-state index contributed by atoms with van der Waals surface area (Å²) in [6, 6.07) is 1.15. The van der Waals surface area contributed by atoms with E-state index in [4.69, 9.17) is 5.73 Å². The highest BCUT2D eigenvalue weighted by molar-refractivity contribution is 7.13. The molecule has 2 aromatic heterocycles. The van der Waals surface area contributed by atoms with Crippen molar-refractivity contribution < 1.29 is 9.72 Å². The SMILES string of the molecule is Nc1cc(C(=O)Nc2nccs2)c([N+](=O)[O-])cn1. The molecule has 3 N–H and O–H groups in total. The molecule has 0 aliphatic heterocycles. The summed E-state index contributed by atoms with van der Waals surface area (Å²) in [5.74, 6) is -0.615. The van der Waals surface area contributed by atoms with Crippen molar-refractivity contribution in [2.45, 2.75) is 0 Å². The van der Waals surface area contributed by atoms with Crippen LogP contribution in [-0.4, -0.2) is 20.8 Å². The highest BCUT2D eigenvalue weighted by Crippen LogP contribution is 2.21. The smallest absolute Gasteiger partial charge is 0.300 e. The number of aromatic nitrogens is 2. The molecule has 0 bridgehead atoms. The van der Waals surface area contributed by atoms with Crippen LogP contribution in [0.5, 0.6) is 0 Å². The van der Waals surface area contributed by atoms with E-state index in [1.807, 2.05) is 0 Å². The fourth-order valence-corrected chi connectivity index (χ4v) is 1.77. The first-order chi connectivity index (χ1) is 8.58. The van der Waals surface area contributed by atoms with Gasteiger partial charge in [0.15, 0.2) is 5.13 Å². The van der Waals surface area contributed by atoms with E-state index in [2.05, 4.69) is 15.3 Å². The quantitative estimate of drug-likeness (QED) is 0.636. The predicted molar refractivity (Wildman–Crippen MR) is 65.4 cm³/mol. The minimum atomic E-state index is -0.691. The zero-order valence-electron chi connectivity index (χ0n) is 8.86. The van der Waals surface area contributed by atoms with Crippen LogP contribution in [0.3, 0.4) is 0 Å². The van der Waals surface area contributed by atoms with Crippen LogP contribution >= 0.6 is 11.3 Å². The van der Waals surface area contributed by atoms with Gasteiger partial charge in [-0.3, -0.25) is 20.2 Å². The minimum Gasteiger partial charge on any atom is -0.384 e. The van der Waals surface area contributed by atoms with Gasteiger partial charge in [-0.1, -0.05) is 0 Å². The molecule has 2 aromatic rings. The third kappa shape index (κ3) is 2.40. The lowest BCUT2D eigenvalue weighted by Gasteiger charge is -2.03. The van der Waals surface area contributed by atoms with E-state index in [0.717, 1.165) is 12.3 Å². The fourth-order valence-electron chi connectivity index (χ4n) is 1.24. The third-order valence-corrected chi connectivity index (χ3v) is 2.69. The Morgan fingerprint density at radius 2 is 2.28 bits per heavy atom. The molecule has 0 atom stereocenters. The average Bonchev–Trinajstić information content (AvgIpc) is 2.81. The van der Waals surface area contributed by atoms with Gasteiger partial charge in [0.05, 0.1) is 4.92 Å². The van der Waals surface area contributed by atoms with Crippen LogP contribution < -0.4 is 11.1 Å². The van der Waals surface area contributed by atoms with Crippen molar-refractivity contribution in [2.24, 2.45) is 0 Å². The molecule has 0 aliphatic rings. The number of nitrogens with one attached hydrogen (secondary N) is 1. The molecule has 2 heterocycles. The number of nitrogen functional groups attached to an aromatic ring is 1. The average molecular weight is 265 g/mol. The molecule has 0 radical (unpaired) electrons. The third-order valence-electron chi connectivity index (χ3n) is 2.00. The van der Waals surface area contributed by atoms with Gasteiger partial charge in [-0.25, -0.2) is 9.97 Å². The first-order valence-corrected chi connectivity index (χ1v) is 5.56. The van der Waals surface area contributed by atoms with Gasteiger partial charge in [0.25, 0.3) is 11.6 Å². The Morgan fingerprint density at radius 3 is 2.89 bits per heavy atom. The standard InChI is InChI=1S/C9H7N5O3S/c10-7-3-5(6(4-12-7)14(16)17)8(15)13-9-11-1-2-18-9/h1-4H,(H2,10,12)(H,11,13,15). The summed E-state index contributed by atoms with van der Waals surface area (Å²) < 4.78 is 0. The number of carbonyl (C=O) groups is 1. The van der Waals surface area contributed by atoms with Gasteiger partial charge < -0.3 is 5.73 Å². The lowest BCUT2D eigenvalue weighted by molar-refractivity contribution is -0.385. The molecule has 0 spiro atoms. The Labute approximate surface area is 105 Å². The van der Waals surface area contributed by atoms with Gasteiger partial charge in [0.1, 0.15) is 17.6 Å². The van der Waals surface area contributed by atoms with E-state index in [0.29, 0.717) is 5.13 Å². The minimum absolute atomic E-state index is 0.0323. The first-order valence-electron chi connectivity index (χ1n) is 4.68. The van der Waals surface area contributed by atoms with Gasteiger partial charge in [0, 0.05) is 11.6 Å². The second-order valence-electron chi connectivity index (χ2n) is 3.17. The number of hydrogen-bond acceptors (Lipinski definition) is 7. The Balaban J connectivity index is 2.34. The second-order valence-corrected chi connectivity index (χ2v) is 4.07. The zero-order chi connectivity index (χ0) is 13.1. The molecular weight excluding hydrogens is 258 g/mol. The van der Waals surface area contributed by atoms with Gasteiger partial charge in [-0.2, -0.15) is 0 Å². The van der Waals surface area contributed by atoms with Crippen molar-refractivity contribution in [3.63, 3.8) is 0 Å². The van der Waals surface area contributed by atoms with E-state index in [-0.39, 0.29) is 11.4 Å². The molecule has 0 aromatic carbocycles. The van der Waals surface area contributed by atoms with E-state index in [1.54, 1.807) is 5.38 Å². The van der Waals surface area contributed by atoms with Crippen LogP contribution in [0.4, 0.5) is 16.6 Å². The molecule has 92 valence electrons. The number of nitrogens with two attached hydrogens (primary N) is 1. The fraction of sp³-hybridized carbons (Fsp3) is 0. The number of nitro groups is 1. The van der Waals surface area contributed by atoms with Gasteiger partial charge >= 0.3 is 0 Å². The molecule has 1 amide bonds. The lowest BCUT2D eigenvalue weighted by atomic mass is 10.2. The molecule has 9 heteroatoms. The van der Waals surface area contributed by atoms with Crippen LogP contribution in [0.15, 0.2) is 23.8 Å². The monoisotopic (exact) mass is 265 g/mol. The summed E-state index contributed by atoms with van der Waals surface area (Å²) in [6.45, 7) is 0. The molecule has 0 unspecified atom stereocenters. The van der Waals surface area contributed by atoms with Gasteiger partial charge in [0.2, 0.25) is 0 Å². The maximum atomic E-state index is 11.9. The molecule has 2 rings (SSSR count). The molecular formula is C9H7N5O3S. The summed E-state index contributed by atoms with van der Waals surface area (Å²) in [5, 5.41) is 15.2. The summed E-state index contributed by atoms with van der Waals surface area (Å²) in [6.07, 6.45) is 2.46. The Kier molecular flexibility index (Phi) is 3.15. The molecule has 0 saturated carbocycles. The summed E-state index contributed by atoms with van der Waals surface area (Å²) >= 11 is 1.20. The lowest BCUT2D eigenvalue weighted by Crippen LogP contribution is -2.14. The molecule has 0 aliphatic carbocycles. The van der Waals surface area contributed by atoms with Crippen LogP contribution in [0.2, 0.25) is 0 Å². The maximum absolute atomic E-state index is 11.9. The van der Waals surface area contributed by atoms with E-state index < -0.39 is 16.5 Å². The van der Waals surface area contributed by atoms with Gasteiger partial charge in [-0.05, 0) is 6.07 Å². The number of thiazole rings is 1. The number of anilines is 2. The zero-order valence-corrected chi connectivity index (χ0v) is 9.68. The molecule has 8 nitrogen and oxygen atoms in total. The largest absolute Gasteiger partial charge is 0.384 e. The van der Waals surface area contributed by atoms with Gasteiger partial charge in [-0.15, -0.1) is 11.3 Å². The van der Waals surface area contributed by atoms with Crippen molar-refractivity contribution in [1.82, 2.24) is 9.97 Å². The molecule has 0 saturated heterocycles. The normalized spacial score (nSPS) is 10.0. The number of pyridine rings is 1.